The van der Waals surface area contributed by atoms with Gasteiger partial charge in [-0.3, -0.25) is 0 Å². The summed E-state index contributed by atoms with van der Waals surface area (Å²) >= 11 is 2.19. The van der Waals surface area contributed by atoms with Gasteiger partial charge in [0.05, 0.1) is 0 Å². The first-order valence-corrected chi connectivity index (χ1v) is 22.2. The Hall–Kier alpha value is -7.53. The van der Waals surface area contributed by atoms with Crippen molar-refractivity contribution in [3.63, 3.8) is 0 Å². The third kappa shape index (κ3) is 6.51. The van der Waals surface area contributed by atoms with Crippen LogP contribution in [0.15, 0.2) is 204 Å². The first-order chi connectivity index (χ1) is 35.9. The van der Waals surface area contributed by atoms with Gasteiger partial charge in [-0.25, -0.2) is 0 Å². The number of nitrogens with zero attached hydrogens (tertiary/aromatic N) is 4. The van der Waals surface area contributed by atoms with Crippen LogP contribution in [0.2, 0.25) is 0 Å². The number of benzene rings is 8. The zero-order valence-electron chi connectivity index (χ0n) is 45.2. The zero-order chi connectivity index (χ0) is 52.5. The Balaban J connectivity index is 1.16. The number of pyridine rings is 1. The van der Waals surface area contributed by atoms with Crippen molar-refractivity contribution in [1.82, 2.24) is 18.5 Å². The van der Waals surface area contributed by atoms with Gasteiger partial charge in [0, 0.05) is 6.20 Å². The van der Waals surface area contributed by atoms with Crippen LogP contribution in [0.25, 0.3) is 94.1 Å². The Morgan fingerprint density at radius 1 is 0.554 bits per heavy atom. The second-order valence-corrected chi connectivity index (χ2v) is 17.8. The minimum atomic E-state index is -0.572. The predicted octanol–water partition coefficient (Wildman–Crippen LogP) is 15.3. The summed E-state index contributed by atoms with van der Waals surface area (Å²) in [7, 11) is 0. The molecule has 0 saturated heterocycles. The van der Waals surface area contributed by atoms with E-state index in [0.717, 1.165) is 44.0 Å². The molecule has 12 aromatic rings. The molecule has 8 aromatic carbocycles. The number of aromatic nitrogens is 4. The SMILES string of the molecule is [2H]c1c([2H])c([2H])c(-c2cccc(-c3c([2H])c([2H])c([2H])c([2H])c3[2H])c2-n2[c](=[Pt])n3c4cc(Oc5ccc6c7ccccc7n(-c7cc(C(C)(C)C)ccn7)c6c5)ccc4oc4ccccc4c4cccc2c43)c([2H])c1[2H]. The fraction of sp³-hybridized carbons (Fsp3) is 0.0690. The van der Waals surface area contributed by atoms with Gasteiger partial charge < -0.3 is 0 Å². The molecule has 4 aromatic heterocycles. The van der Waals surface area contributed by atoms with Gasteiger partial charge in [-0.05, 0) is 17.0 Å². The molecule has 12 rings (SSSR count). The number of ether oxygens (including phenoxy) is 1. The van der Waals surface area contributed by atoms with Crippen molar-refractivity contribution in [2.24, 2.45) is 0 Å². The van der Waals surface area contributed by atoms with E-state index in [1.54, 1.807) is 18.2 Å². The summed E-state index contributed by atoms with van der Waals surface area (Å²) in [6, 6.07) is 37.1. The van der Waals surface area contributed by atoms with Crippen LogP contribution in [0.4, 0.5) is 0 Å². The number of fused-ring (bicyclic) bond motifs is 7. The fourth-order valence-electron chi connectivity index (χ4n) is 8.94. The quantitative estimate of drug-likeness (QED) is 0.167. The van der Waals surface area contributed by atoms with Gasteiger partial charge in [0.1, 0.15) is 0 Å². The second-order valence-electron chi connectivity index (χ2n) is 16.8. The Morgan fingerprint density at radius 3 is 1.91 bits per heavy atom. The van der Waals surface area contributed by atoms with E-state index in [-0.39, 0.29) is 33.4 Å². The molecule has 0 aliphatic heterocycles. The number of imidazole rings is 1. The van der Waals surface area contributed by atoms with Crippen LogP contribution < -0.4 is 4.74 Å². The summed E-state index contributed by atoms with van der Waals surface area (Å²) in [5.41, 5.74) is 6.13. The number of hydrogen-bond acceptors (Lipinski definition) is 3. The first-order valence-electron chi connectivity index (χ1n) is 26.0. The molecule has 0 spiro atoms. The summed E-state index contributed by atoms with van der Waals surface area (Å²) in [6.07, 6.45) is 1.85. The van der Waals surface area contributed by atoms with Crippen LogP contribution in [-0.4, -0.2) is 18.5 Å². The molecule has 0 aliphatic rings. The van der Waals surface area contributed by atoms with Crippen LogP contribution in [0.3, 0.4) is 0 Å². The van der Waals surface area contributed by atoms with Gasteiger partial charge in [0.15, 0.2) is 0 Å². The Kier molecular flexibility index (Phi) is 7.02. The van der Waals surface area contributed by atoms with E-state index in [0.29, 0.717) is 43.0 Å². The number of para-hydroxylation sites is 4. The van der Waals surface area contributed by atoms with Crippen molar-refractivity contribution in [2.75, 3.05) is 0 Å². The van der Waals surface area contributed by atoms with Crippen molar-refractivity contribution >= 4 is 60.3 Å². The first kappa shape index (κ1) is 29.8. The van der Waals surface area contributed by atoms with E-state index in [1.165, 1.54) is 0 Å². The molecule has 65 heavy (non-hydrogen) atoms. The molecule has 0 unspecified atom stereocenters. The molecule has 0 atom stereocenters. The molecule has 0 bridgehead atoms. The Bertz CT molecular complexity index is 4410. The van der Waals surface area contributed by atoms with Gasteiger partial charge in [-0.1, -0.05) is 32.9 Å². The summed E-state index contributed by atoms with van der Waals surface area (Å²) < 4.78 is 109. The molecule has 6 nitrogen and oxygen atoms in total. The van der Waals surface area contributed by atoms with Gasteiger partial charge in [-0.15, -0.1) is 0 Å². The fourth-order valence-corrected chi connectivity index (χ4v) is 9.99. The average molecular weight is 1030 g/mol. The third-order valence-corrected chi connectivity index (χ3v) is 12.9. The molecular weight excluding hydrogens is 980 g/mol. The Morgan fingerprint density at radius 2 is 1.17 bits per heavy atom. The monoisotopic (exact) mass is 1030 g/mol. The van der Waals surface area contributed by atoms with Gasteiger partial charge in [0.25, 0.3) is 0 Å². The molecule has 0 radical (unpaired) electrons. The van der Waals surface area contributed by atoms with E-state index in [1.807, 2.05) is 106 Å². The summed E-state index contributed by atoms with van der Waals surface area (Å²) in [4.78, 5) is 4.86. The van der Waals surface area contributed by atoms with Crippen molar-refractivity contribution in [3.05, 3.63) is 209 Å². The molecule has 4 heterocycles. The van der Waals surface area contributed by atoms with Crippen LogP contribution >= 0.6 is 0 Å². The van der Waals surface area contributed by atoms with Gasteiger partial charge in [0.2, 0.25) is 0 Å². The zero-order valence-corrected chi connectivity index (χ0v) is 37.5. The van der Waals surface area contributed by atoms with Crippen molar-refractivity contribution in [3.8, 4) is 45.3 Å². The average Bonchev–Trinajstić information content (AvgIpc) is 3.91. The number of rotatable bonds is 6. The maximum absolute atomic E-state index is 9.22. The standard InChI is InChI=1S/C58H42N4O2.Pt/c1-58(2,3)40-32-33-59-55(34-40)62-49-25-12-10-20-45(49)46-30-28-41(35-51(46)62)63-42-29-31-54-52(36-42)61-37-60(50-26-15-24-48(57(50)61)47-21-11-13-27-53(47)64-54)56-43(38-16-6-4-7-17-38)22-14-23-44(56)39-18-8-5-9-19-39;/h4-36H,1-3H3;/i4D,5D,6D,7D,8D,9D,16D,17D,18D,19D;. The van der Waals surface area contributed by atoms with Crippen LogP contribution in [0.5, 0.6) is 11.5 Å². The number of hydrogen-bond donors (Lipinski definition) is 0. The minimum absolute atomic E-state index is 0.107. The molecular formula is C58H42N4O2Pt. The van der Waals surface area contributed by atoms with Gasteiger partial charge >= 0.3 is 346 Å². The summed E-state index contributed by atoms with van der Waals surface area (Å²) in [6.45, 7) is 6.54. The van der Waals surface area contributed by atoms with E-state index in [9.17, 15) is 5.48 Å². The van der Waals surface area contributed by atoms with Crippen molar-refractivity contribution in [2.45, 2.75) is 26.2 Å². The van der Waals surface area contributed by atoms with Gasteiger partial charge in [-0.2, -0.15) is 0 Å². The molecule has 0 amide bonds. The van der Waals surface area contributed by atoms with E-state index >= 15 is 0 Å². The normalized spacial score (nSPS) is 14.2. The maximum atomic E-state index is 9.22. The molecule has 0 saturated carbocycles. The molecule has 7 heteroatoms. The predicted molar refractivity (Wildman–Crippen MR) is 262 cm³/mol. The van der Waals surface area contributed by atoms with E-state index in [2.05, 4.69) is 69.0 Å². The topological polar surface area (TPSA) is 49.5 Å². The second kappa shape index (κ2) is 15.3. The van der Waals surface area contributed by atoms with Crippen LogP contribution in [0.1, 0.15) is 40.0 Å². The third-order valence-electron chi connectivity index (χ3n) is 11.9. The molecule has 0 fully saturated rings. The van der Waals surface area contributed by atoms with Crippen molar-refractivity contribution < 1.29 is 42.2 Å². The van der Waals surface area contributed by atoms with E-state index in [4.69, 9.17) is 22.4 Å². The van der Waals surface area contributed by atoms with Crippen molar-refractivity contribution in [1.29, 1.82) is 0 Å². The molecule has 0 N–H and O–H groups in total. The summed E-state index contributed by atoms with van der Waals surface area (Å²) in [5, 5.41) is 3.64. The molecule has 316 valence electrons. The van der Waals surface area contributed by atoms with E-state index < -0.39 is 60.4 Å². The molecule has 0 aliphatic carbocycles. The van der Waals surface area contributed by atoms with Crippen LogP contribution in [-0.2, 0) is 24.8 Å². The summed E-state index contributed by atoms with van der Waals surface area (Å²) in [5.74, 6) is 1.82. The van der Waals surface area contributed by atoms with Crippen LogP contribution in [0, 0.1) is 3.80 Å². The Labute approximate surface area is 400 Å².